The maximum absolute atomic E-state index is 13.1. The average Bonchev–Trinajstić information content (AvgIpc) is 2.20. The second-order valence-electron chi connectivity index (χ2n) is 3.15. The number of rotatable bonds is 4. The molecule has 0 saturated carbocycles. The number of hydrogen-bond acceptors (Lipinski definition) is 3. The van der Waals surface area contributed by atoms with Crippen molar-refractivity contribution in [2.45, 2.75) is 4.90 Å². The van der Waals surface area contributed by atoms with Crippen LogP contribution in [0.4, 0.5) is 10.1 Å². The minimum atomic E-state index is -3.81. The summed E-state index contributed by atoms with van der Waals surface area (Å²) in [6.45, 7) is 3.23. The molecule has 0 aliphatic carbocycles. The minimum Gasteiger partial charge on any atom is -0.396 e. The zero-order valence-corrected chi connectivity index (χ0v) is 11.7. The first kappa shape index (κ1) is 14.4. The molecule has 0 unspecified atom stereocenters. The fourth-order valence-electron chi connectivity index (χ4n) is 1.00. The van der Waals surface area contributed by atoms with Crippen molar-refractivity contribution >= 4 is 43.2 Å². The highest BCUT2D eigenvalue weighted by Gasteiger charge is 2.19. The van der Waals surface area contributed by atoms with Crippen LogP contribution in [0.2, 0.25) is 0 Å². The third-order valence-corrected chi connectivity index (χ3v) is 4.29. The van der Waals surface area contributed by atoms with Crippen LogP contribution in [0, 0.1) is 5.82 Å². The largest absolute Gasteiger partial charge is 0.396 e. The van der Waals surface area contributed by atoms with E-state index in [0.717, 1.165) is 12.1 Å². The van der Waals surface area contributed by atoms with Crippen molar-refractivity contribution in [2.24, 2.45) is 0 Å². The Bertz CT molecular complexity index is 562. The lowest BCUT2D eigenvalue weighted by molar-refractivity contribution is 0.584. The Morgan fingerprint density at radius 1 is 1.59 bits per heavy atom. The number of benzene rings is 1. The van der Waals surface area contributed by atoms with Crippen molar-refractivity contribution < 1.29 is 12.8 Å². The first-order valence-corrected chi connectivity index (χ1v) is 6.97. The van der Waals surface area contributed by atoms with Crippen LogP contribution in [0.1, 0.15) is 0 Å². The van der Waals surface area contributed by atoms with Gasteiger partial charge in [0.25, 0.3) is 0 Å². The summed E-state index contributed by atoms with van der Waals surface area (Å²) in [5, 5.41) is 0.139. The van der Waals surface area contributed by atoms with Gasteiger partial charge in [0.15, 0.2) is 0 Å². The van der Waals surface area contributed by atoms with Crippen molar-refractivity contribution in [1.29, 1.82) is 0 Å². The van der Waals surface area contributed by atoms with Crippen molar-refractivity contribution in [3.8, 4) is 0 Å². The predicted molar refractivity (Wildman–Crippen MR) is 68.7 cm³/mol. The molecule has 1 aromatic carbocycles. The van der Waals surface area contributed by atoms with Gasteiger partial charge in [0, 0.05) is 16.0 Å². The van der Waals surface area contributed by atoms with Gasteiger partial charge in [-0.3, -0.25) is 0 Å². The van der Waals surface area contributed by atoms with Gasteiger partial charge < -0.3 is 5.73 Å². The second-order valence-corrected chi connectivity index (χ2v) is 6.27. The van der Waals surface area contributed by atoms with Crippen LogP contribution in [0.5, 0.6) is 0 Å². The maximum atomic E-state index is 13.1. The number of nitrogens with two attached hydrogens (primary N) is 1. The van der Waals surface area contributed by atoms with Crippen LogP contribution in [-0.4, -0.2) is 15.0 Å². The number of nitrogen functional groups attached to an aromatic ring is 1. The van der Waals surface area contributed by atoms with Gasteiger partial charge in [-0.1, -0.05) is 18.2 Å². The molecule has 8 heteroatoms. The van der Waals surface area contributed by atoms with Gasteiger partial charge in [-0.05, 0) is 28.1 Å². The van der Waals surface area contributed by atoms with Gasteiger partial charge >= 0.3 is 0 Å². The first-order valence-electron chi connectivity index (χ1n) is 4.31. The number of hydrogen-bond donors (Lipinski definition) is 2. The van der Waals surface area contributed by atoms with Crippen molar-refractivity contribution in [2.75, 3.05) is 12.3 Å². The number of anilines is 1. The summed E-state index contributed by atoms with van der Waals surface area (Å²) in [7, 11) is -3.81. The first-order chi connectivity index (χ1) is 7.74. The molecule has 0 fully saturated rings. The van der Waals surface area contributed by atoms with E-state index in [1.807, 2.05) is 0 Å². The lowest BCUT2D eigenvalue weighted by Crippen LogP contribution is -2.25. The summed E-state index contributed by atoms with van der Waals surface area (Å²) in [5.74, 6) is -0.697. The Kier molecular flexibility index (Phi) is 4.54. The van der Waals surface area contributed by atoms with E-state index in [2.05, 4.69) is 27.2 Å². The van der Waals surface area contributed by atoms with Crippen molar-refractivity contribution in [3.05, 3.63) is 34.0 Å². The van der Waals surface area contributed by atoms with E-state index in [4.69, 9.17) is 17.3 Å². The highest BCUT2D eigenvalue weighted by Crippen LogP contribution is 2.26. The second kappa shape index (κ2) is 5.34. The molecule has 1 rings (SSSR count). The molecule has 0 aromatic heterocycles. The van der Waals surface area contributed by atoms with E-state index in [9.17, 15) is 12.8 Å². The van der Waals surface area contributed by atoms with E-state index in [-0.39, 0.29) is 26.6 Å². The quantitative estimate of drug-likeness (QED) is 0.823. The molecule has 0 saturated heterocycles. The molecule has 0 heterocycles. The Balaban J connectivity index is 3.15. The van der Waals surface area contributed by atoms with Crippen LogP contribution in [0.25, 0.3) is 0 Å². The molecule has 0 bridgehead atoms. The average molecular weight is 344 g/mol. The molecule has 0 amide bonds. The summed E-state index contributed by atoms with van der Waals surface area (Å²) < 4.78 is 38.9. The van der Waals surface area contributed by atoms with Gasteiger partial charge in [-0.25, -0.2) is 17.5 Å². The molecular weight excluding hydrogens is 335 g/mol. The summed E-state index contributed by atoms with van der Waals surface area (Å²) >= 11 is 8.40. The molecule has 17 heavy (non-hydrogen) atoms. The Morgan fingerprint density at radius 3 is 2.71 bits per heavy atom. The van der Waals surface area contributed by atoms with Gasteiger partial charge in [0.05, 0.1) is 10.6 Å². The standard InChI is InChI=1S/C9H9BrClFN2O2S/c1-5(11)4-14-17(15,16)9-3-8(13)7(12)2-6(9)10/h2-3,14H,1,4,13H2. The molecule has 1 aromatic rings. The minimum absolute atomic E-state index is 0.0804. The lowest BCUT2D eigenvalue weighted by Gasteiger charge is -2.09. The number of nitrogens with one attached hydrogen (secondary N) is 1. The summed E-state index contributed by atoms with van der Waals surface area (Å²) in [4.78, 5) is -0.158. The van der Waals surface area contributed by atoms with Crippen LogP contribution >= 0.6 is 27.5 Å². The lowest BCUT2D eigenvalue weighted by atomic mass is 10.3. The van der Waals surface area contributed by atoms with Gasteiger partial charge in [0.1, 0.15) is 5.82 Å². The van der Waals surface area contributed by atoms with Crippen LogP contribution in [0.3, 0.4) is 0 Å². The molecule has 0 radical (unpaired) electrons. The summed E-state index contributed by atoms with van der Waals surface area (Å²) in [6, 6.07) is 2.01. The van der Waals surface area contributed by atoms with Gasteiger partial charge in [0.2, 0.25) is 10.0 Å². The highest BCUT2D eigenvalue weighted by molar-refractivity contribution is 9.10. The van der Waals surface area contributed by atoms with E-state index in [1.54, 1.807) is 0 Å². The van der Waals surface area contributed by atoms with E-state index in [1.165, 1.54) is 0 Å². The molecule has 0 atom stereocenters. The Morgan fingerprint density at radius 2 is 2.18 bits per heavy atom. The topological polar surface area (TPSA) is 72.2 Å². The SMILES string of the molecule is C=C(Cl)CNS(=O)(=O)c1cc(N)c(F)cc1Br. The molecule has 4 nitrogen and oxygen atoms in total. The van der Waals surface area contributed by atoms with Gasteiger partial charge in [-0.2, -0.15) is 0 Å². The molecule has 94 valence electrons. The van der Waals surface area contributed by atoms with E-state index in [0.29, 0.717) is 0 Å². The van der Waals surface area contributed by atoms with Crippen molar-refractivity contribution in [1.82, 2.24) is 4.72 Å². The predicted octanol–water partition coefficient (Wildman–Crippen LogP) is 2.20. The summed E-state index contributed by atoms with van der Waals surface area (Å²) in [5.41, 5.74) is 5.06. The number of sulfonamides is 1. The van der Waals surface area contributed by atoms with Crippen LogP contribution < -0.4 is 10.5 Å². The summed E-state index contributed by atoms with van der Waals surface area (Å²) in [6.07, 6.45) is 0. The monoisotopic (exact) mass is 342 g/mol. The highest BCUT2D eigenvalue weighted by atomic mass is 79.9. The van der Waals surface area contributed by atoms with Crippen LogP contribution in [-0.2, 0) is 10.0 Å². The zero-order valence-electron chi connectivity index (χ0n) is 8.50. The van der Waals surface area contributed by atoms with Crippen LogP contribution in [0.15, 0.2) is 33.1 Å². The van der Waals surface area contributed by atoms with E-state index < -0.39 is 15.8 Å². The van der Waals surface area contributed by atoms with E-state index >= 15 is 0 Å². The fraction of sp³-hybridized carbons (Fsp3) is 0.111. The third-order valence-electron chi connectivity index (χ3n) is 1.79. The van der Waals surface area contributed by atoms with Crippen molar-refractivity contribution in [3.63, 3.8) is 0 Å². The Labute approximate surface area is 112 Å². The zero-order chi connectivity index (χ0) is 13.2. The third kappa shape index (κ3) is 3.67. The fourth-order valence-corrected chi connectivity index (χ4v) is 3.22. The smallest absolute Gasteiger partial charge is 0.242 e. The molecular formula is C9H9BrClFN2O2S. The normalized spacial score (nSPS) is 11.5. The maximum Gasteiger partial charge on any atom is 0.242 e. The number of halogens is 3. The molecule has 0 aliphatic heterocycles. The molecule has 0 aliphatic rings. The van der Waals surface area contributed by atoms with Gasteiger partial charge in [-0.15, -0.1) is 0 Å². The Hall–Kier alpha value is -0.630. The molecule has 0 spiro atoms. The molecule has 3 N–H and O–H groups in total.